The van der Waals surface area contributed by atoms with Crippen LogP contribution in [0.5, 0.6) is 5.88 Å². The summed E-state index contributed by atoms with van der Waals surface area (Å²) in [5.41, 5.74) is 0.636. The molecule has 0 aliphatic heterocycles. The van der Waals surface area contributed by atoms with Gasteiger partial charge in [0.2, 0.25) is 5.88 Å². The van der Waals surface area contributed by atoms with Gasteiger partial charge in [0.25, 0.3) is 0 Å². The third kappa shape index (κ3) is 2.70. The zero-order chi connectivity index (χ0) is 12.6. The molecule has 0 radical (unpaired) electrons. The van der Waals surface area contributed by atoms with Crippen molar-refractivity contribution in [2.24, 2.45) is 0 Å². The Morgan fingerprint density at radius 2 is 2.00 bits per heavy atom. The van der Waals surface area contributed by atoms with E-state index in [1.54, 1.807) is 13.8 Å². The molecule has 1 heterocycles. The van der Waals surface area contributed by atoms with Gasteiger partial charge in [-0.05, 0) is 24.8 Å². The molecular weight excluding hydrogens is 231 g/mol. The predicted molar refractivity (Wildman–Crippen MR) is 56.9 cm³/mol. The average Bonchev–Trinajstić information content (AvgIpc) is 3.02. The van der Waals surface area contributed by atoms with Gasteiger partial charge >= 0.3 is 6.61 Å². The number of alkyl halides is 2. The zero-order valence-electron chi connectivity index (χ0n) is 9.71. The van der Waals surface area contributed by atoms with Crippen LogP contribution in [0.15, 0.2) is 6.07 Å². The zero-order valence-corrected chi connectivity index (χ0v) is 9.71. The van der Waals surface area contributed by atoms with E-state index in [4.69, 9.17) is 0 Å². The molecule has 1 aromatic rings. The number of pyridine rings is 1. The fraction of sp³-hybridized carbons (Fsp3) is 0.583. The quantitative estimate of drug-likeness (QED) is 0.804. The third-order valence-corrected chi connectivity index (χ3v) is 2.78. The highest BCUT2D eigenvalue weighted by molar-refractivity contribution is 5.34. The van der Waals surface area contributed by atoms with Crippen LogP contribution in [0.1, 0.15) is 49.8 Å². The molecule has 0 saturated heterocycles. The molecule has 0 aromatic carbocycles. The summed E-state index contributed by atoms with van der Waals surface area (Å²) < 4.78 is 42.6. The van der Waals surface area contributed by atoms with Crippen molar-refractivity contribution < 1.29 is 17.9 Å². The van der Waals surface area contributed by atoms with Crippen LogP contribution in [0.25, 0.3) is 0 Å². The van der Waals surface area contributed by atoms with Crippen molar-refractivity contribution >= 4 is 0 Å². The van der Waals surface area contributed by atoms with Crippen molar-refractivity contribution in [3.05, 3.63) is 23.1 Å². The highest BCUT2D eigenvalue weighted by Crippen LogP contribution is 2.42. The monoisotopic (exact) mass is 245 g/mol. The Labute approximate surface area is 97.8 Å². The summed E-state index contributed by atoms with van der Waals surface area (Å²) in [5.74, 6) is -0.605. The first-order valence-corrected chi connectivity index (χ1v) is 5.64. The number of nitrogens with zero attached hydrogens (tertiary/aromatic N) is 1. The summed E-state index contributed by atoms with van der Waals surface area (Å²) in [7, 11) is 0. The molecule has 1 saturated carbocycles. The van der Waals surface area contributed by atoms with Gasteiger partial charge in [-0.2, -0.15) is 8.78 Å². The molecule has 1 aliphatic carbocycles. The maximum atomic E-state index is 13.7. The predicted octanol–water partition coefficient (Wildman–Crippen LogP) is 3.82. The van der Waals surface area contributed by atoms with E-state index in [9.17, 15) is 13.2 Å². The molecule has 0 unspecified atom stereocenters. The Kier molecular flexibility index (Phi) is 3.26. The van der Waals surface area contributed by atoms with Gasteiger partial charge in [-0.25, -0.2) is 9.37 Å². The Hall–Kier alpha value is -1.26. The summed E-state index contributed by atoms with van der Waals surface area (Å²) in [6, 6.07) is 1.27. The molecule has 0 N–H and O–H groups in total. The number of hydrogen-bond donors (Lipinski definition) is 0. The molecule has 1 aliphatic rings. The van der Waals surface area contributed by atoms with Crippen molar-refractivity contribution in [3.8, 4) is 5.88 Å². The van der Waals surface area contributed by atoms with Gasteiger partial charge in [0.05, 0.1) is 5.69 Å². The Morgan fingerprint density at radius 3 is 2.47 bits per heavy atom. The summed E-state index contributed by atoms with van der Waals surface area (Å²) in [6.45, 7) is 0.634. The number of rotatable bonds is 4. The number of hydrogen-bond acceptors (Lipinski definition) is 2. The minimum absolute atomic E-state index is 0.0660. The molecule has 2 rings (SSSR count). The van der Waals surface area contributed by atoms with Gasteiger partial charge in [-0.1, -0.05) is 13.8 Å². The SMILES string of the molecule is CC(C)c1cc(F)c(C2CC2)nc1OC(F)F. The molecule has 0 spiro atoms. The van der Waals surface area contributed by atoms with Crippen LogP contribution in [0.2, 0.25) is 0 Å². The fourth-order valence-corrected chi connectivity index (χ4v) is 1.74. The van der Waals surface area contributed by atoms with Crippen molar-refractivity contribution in [2.75, 3.05) is 0 Å². The van der Waals surface area contributed by atoms with Crippen LogP contribution in [-0.2, 0) is 0 Å². The Balaban J connectivity index is 2.40. The van der Waals surface area contributed by atoms with Crippen molar-refractivity contribution in [1.29, 1.82) is 0 Å². The van der Waals surface area contributed by atoms with Crippen LogP contribution in [0.3, 0.4) is 0 Å². The van der Waals surface area contributed by atoms with Crippen LogP contribution < -0.4 is 4.74 Å². The molecular formula is C12H14F3NO. The minimum atomic E-state index is -2.93. The molecule has 17 heavy (non-hydrogen) atoms. The second-order valence-electron chi connectivity index (χ2n) is 4.56. The van der Waals surface area contributed by atoms with E-state index < -0.39 is 12.4 Å². The first-order chi connectivity index (χ1) is 7.99. The first-order valence-electron chi connectivity index (χ1n) is 5.64. The lowest BCUT2D eigenvalue weighted by molar-refractivity contribution is -0.0538. The lowest BCUT2D eigenvalue weighted by atomic mass is 10.0. The van der Waals surface area contributed by atoms with Crippen LogP contribution in [0, 0.1) is 5.82 Å². The summed E-state index contributed by atoms with van der Waals surface area (Å²) in [4.78, 5) is 3.92. The summed E-state index contributed by atoms with van der Waals surface area (Å²) in [5, 5.41) is 0. The van der Waals surface area contributed by atoms with Gasteiger partial charge in [-0.15, -0.1) is 0 Å². The van der Waals surface area contributed by atoms with E-state index in [0.717, 1.165) is 12.8 Å². The normalized spacial score (nSPS) is 15.7. The van der Waals surface area contributed by atoms with Gasteiger partial charge in [-0.3, -0.25) is 0 Å². The van der Waals surface area contributed by atoms with Crippen molar-refractivity contribution in [1.82, 2.24) is 4.98 Å². The van der Waals surface area contributed by atoms with Crippen molar-refractivity contribution in [3.63, 3.8) is 0 Å². The highest BCUT2D eigenvalue weighted by Gasteiger charge is 2.30. The number of aromatic nitrogens is 1. The largest absolute Gasteiger partial charge is 0.417 e. The fourth-order valence-electron chi connectivity index (χ4n) is 1.74. The van der Waals surface area contributed by atoms with E-state index in [2.05, 4.69) is 9.72 Å². The molecule has 0 bridgehead atoms. The van der Waals surface area contributed by atoms with E-state index in [-0.39, 0.29) is 23.4 Å². The van der Waals surface area contributed by atoms with Gasteiger partial charge in [0.1, 0.15) is 5.82 Å². The summed E-state index contributed by atoms with van der Waals surface area (Å²) >= 11 is 0. The van der Waals surface area contributed by atoms with Gasteiger partial charge < -0.3 is 4.74 Å². The molecule has 1 fully saturated rings. The van der Waals surface area contributed by atoms with E-state index in [1.807, 2.05) is 0 Å². The molecule has 0 amide bonds. The lowest BCUT2D eigenvalue weighted by Crippen LogP contribution is -2.09. The maximum Gasteiger partial charge on any atom is 0.388 e. The van der Waals surface area contributed by atoms with E-state index in [1.165, 1.54) is 6.07 Å². The second-order valence-corrected chi connectivity index (χ2v) is 4.56. The first kappa shape index (κ1) is 12.2. The highest BCUT2D eigenvalue weighted by atomic mass is 19.3. The molecule has 0 atom stereocenters. The Bertz CT molecular complexity index is 416. The van der Waals surface area contributed by atoms with E-state index in [0.29, 0.717) is 5.56 Å². The summed E-state index contributed by atoms with van der Waals surface area (Å²) in [6.07, 6.45) is 1.72. The molecule has 2 nitrogen and oxygen atoms in total. The topological polar surface area (TPSA) is 22.1 Å². The van der Waals surface area contributed by atoms with Gasteiger partial charge in [0.15, 0.2) is 0 Å². The molecule has 1 aromatic heterocycles. The maximum absolute atomic E-state index is 13.7. The third-order valence-electron chi connectivity index (χ3n) is 2.78. The lowest BCUT2D eigenvalue weighted by Gasteiger charge is -2.14. The minimum Gasteiger partial charge on any atom is -0.417 e. The van der Waals surface area contributed by atoms with Crippen LogP contribution in [-0.4, -0.2) is 11.6 Å². The van der Waals surface area contributed by atoms with Crippen molar-refractivity contribution in [2.45, 2.75) is 45.1 Å². The number of halogens is 3. The average molecular weight is 245 g/mol. The smallest absolute Gasteiger partial charge is 0.388 e. The Morgan fingerprint density at radius 1 is 1.35 bits per heavy atom. The van der Waals surface area contributed by atoms with Gasteiger partial charge in [0, 0.05) is 11.5 Å². The van der Waals surface area contributed by atoms with E-state index >= 15 is 0 Å². The molecule has 94 valence electrons. The van der Waals surface area contributed by atoms with Crippen LogP contribution >= 0.6 is 0 Å². The molecule has 5 heteroatoms. The standard InChI is InChI=1S/C12H14F3NO/c1-6(2)8-5-9(13)10(7-3-4-7)16-11(8)17-12(14)15/h5-7,12H,3-4H2,1-2H3. The van der Waals surface area contributed by atoms with Crippen LogP contribution in [0.4, 0.5) is 13.2 Å². The number of ether oxygens (including phenoxy) is 1. The second kappa shape index (κ2) is 4.55.